The number of methoxy groups -OCH3 is 1. The summed E-state index contributed by atoms with van der Waals surface area (Å²) in [4.78, 5) is 20.4. The Morgan fingerprint density at radius 3 is 2.71 bits per heavy atom. The van der Waals surface area contributed by atoms with Gasteiger partial charge in [0.1, 0.15) is 0 Å². The average molecular weight is 437 g/mol. The van der Waals surface area contributed by atoms with E-state index in [1.54, 1.807) is 29.2 Å². The fourth-order valence-corrected chi connectivity index (χ4v) is 2.96. The number of nitrogens with zero attached hydrogens (tertiary/aromatic N) is 4. The second-order valence-corrected chi connectivity index (χ2v) is 7.14. The van der Waals surface area contributed by atoms with Crippen LogP contribution < -0.4 is 14.8 Å². The SMILES string of the molecule is COc1nc(OCC(F)(F)F)ccc1Cn1cc2c(CC(=O)NC(C)C)nccc2n1. The normalized spacial score (nSPS) is 11.7. The lowest BCUT2D eigenvalue weighted by Crippen LogP contribution is -2.31. The van der Waals surface area contributed by atoms with Gasteiger partial charge in [0, 0.05) is 35.5 Å². The van der Waals surface area contributed by atoms with E-state index in [0.29, 0.717) is 16.8 Å². The van der Waals surface area contributed by atoms with Crippen molar-refractivity contribution in [3.63, 3.8) is 0 Å². The maximum absolute atomic E-state index is 12.3. The molecule has 0 aliphatic heterocycles. The maximum Gasteiger partial charge on any atom is 0.422 e. The molecule has 3 aromatic rings. The van der Waals surface area contributed by atoms with Gasteiger partial charge in [0.05, 0.1) is 31.3 Å². The fourth-order valence-electron chi connectivity index (χ4n) is 2.96. The molecular formula is C20H22F3N5O3. The van der Waals surface area contributed by atoms with Gasteiger partial charge in [0.15, 0.2) is 6.61 Å². The number of carbonyl (C=O) groups is 1. The number of nitrogens with one attached hydrogen (secondary N) is 1. The van der Waals surface area contributed by atoms with Gasteiger partial charge in [0.25, 0.3) is 0 Å². The molecule has 0 saturated heterocycles. The molecular weight excluding hydrogens is 415 g/mol. The van der Waals surface area contributed by atoms with E-state index >= 15 is 0 Å². The Labute approximate surface area is 176 Å². The largest absolute Gasteiger partial charge is 0.481 e. The van der Waals surface area contributed by atoms with Crippen molar-refractivity contribution < 1.29 is 27.4 Å². The third kappa shape index (κ3) is 6.06. The number of alkyl halides is 3. The maximum atomic E-state index is 12.3. The standard InChI is InChI=1S/C20H22F3N5O3/c1-12(2)25-17(29)8-16-14-10-28(27-15(14)6-7-24-16)9-13-4-5-18(26-19(13)30-3)31-11-20(21,22)23/h4-7,10,12H,8-9,11H2,1-3H3,(H,25,29). The van der Waals surface area contributed by atoms with Crippen LogP contribution in [-0.4, -0.2) is 51.6 Å². The zero-order chi connectivity index (χ0) is 22.6. The summed E-state index contributed by atoms with van der Waals surface area (Å²) in [5, 5.41) is 8.05. The van der Waals surface area contributed by atoms with Crippen LogP contribution in [0.25, 0.3) is 10.9 Å². The van der Waals surface area contributed by atoms with Crippen LogP contribution in [0.15, 0.2) is 30.6 Å². The van der Waals surface area contributed by atoms with Gasteiger partial charge in [-0.1, -0.05) is 0 Å². The lowest BCUT2D eigenvalue weighted by atomic mass is 10.2. The van der Waals surface area contributed by atoms with Gasteiger partial charge >= 0.3 is 6.18 Å². The number of ether oxygens (including phenoxy) is 2. The number of fused-ring (bicyclic) bond motifs is 1. The van der Waals surface area contributed by atoms with Crippen LogP contribution in [-0.2, 0) is 17.8 Å². The second kappa shape index (κ2) is 9.19. The highest BCUT2D eigenvalue weighted by Gasteiger charge is 2.28. The molecule has 3 heterocycles. The predicted octanol–water partition coefficient (Wildman–Crippen LogP) is 2.89. The Bertz CT molecular complexity index is 1070. The van der Waals surface area contributed by atoms with E-state index < -0.39 is 12.8 Å². The Balaban J connectivity index is 1.80. The predicted molar refractivity (Wildman–Crippen MR) is 106 cm³/mol. The number of amides is 1. The number of pyridine rings is 2. The van der Waals surface area contributed by atoms with Crippen LogP contribution >= 0.6 is 0 Å². The summed E-state index contributed by atoms with van der Waals surface area (Å²) in [6, 6.07) is 4.67. The van der Waals surface area contributed by atoms with Crippen molar-refractivity contribution in [2.45, 2.75) is 39.0 Å². The summed E-state index contributed by atoms with van der Waals surface area (Å²) in [5.74, 6) is -0.192. The van der Waals surface area contributed by atoms with E-state index in [9.17, 15) is 18.0 Å². The van der Waals surface area contributed by atoms with E-state index in [-0.39, 0.29) is 36.7 Å². The van der Waals surface area contributed by atoms with Gasteiger partial charge in [-0.15, -0.1) is 0 Å². The van der Waals surface area contributed by atoms with Gasteiger partial charge in [-0.25, -0.2) is 0 Å². The molecule has 0 aliphatic carbocycles. The molecule has 0 saturated carbocycles. The summed E-state index contributed by atoms with van der Waals surface area (Å²) in [6.07, 6.45) is -0.988. The zero-order valence-corrected chi connectivity index (χ0v) is 17.2. The van der Waals surface area contributed by atoms with E-state index in [0.717, 1.165) is 5.39 Å². The number of carbonyl (C=O) groups excluding carboxylic acids is 1. The minimum Gasteiger partial charge on any atom is -0.481 e. The van der Waals surface area contributed by atoms with Crippen molar-refractivity contribution in [2.24, 2.45) is 0 Å². The molecule has 1 N–H and O–H groups in total. The van der Waals surface area contributed by atoms with Crippen LogP contribution in [0.5, 0.6) is 11.8 Å². The van der Waals surface area contributed by atoms with E-state index in [1.165, 1.54) is 13.2 Å². The van der Waals surface area contributed by atoms with Crippen molar-refractivity contribution in [3.8, 4) is 11.8 Å². The van der Waals surface area contributed by atoms with Gasteiger partial charge in [-0.3, -0.25) is 14.5 Å². The Kier molecular flexibility index (Phi) is 6.62. The average Bonchev–Trinajstić information content (AvgIpc) is 3.09. The molecule has 3 aromatic heterocycles. The van der Waals surface area contributed by atoms with Gasteiger partial charge in [0.2, 0.25) is 17.7 Å². The number of halogens is 3. The van der Waals surface area contributed by atoms with Crippen molar-refractivity contribution in [3.05, 3.63) is 41.9 Å². The Morgan fingerprint density at radius 2 is 2.03 bits per heavy atom. The summed E-state index contributed by atoms with van der Waals surface area (Å²) in [5.41, 5.74) is 1.86. The van der Waals surface area contributed by atoms with Crippen LogP contribution in [0.4, 0.5) is 13.2 Å². The quantitative estimate of drug-likeness (QED) is 0.583. The first kappa shape index (κ1) is 22.3. The minimum absolute atomic E-state index is 0.0254. The van der Waals surface area contributed by atoms with Crippen molar-refractivity contribution >= 4 is 16.8 Å². The summed E-state index contributed by atoms with van der Waals surface area (Å²) < 4.78 is 48.5. The minimum atomic E-state index is -4.46. The Morgan fingerprint density at radius 1 is 1.26 bits per heavy atom. The highest BCUT2D eigenvalue weighted by atomic mass is 19.4. The molecule has 0 atom stereocenters. The fraction of sp³-hybridized carbons (Fsp3) is 0.400. The smallest absolute Gasteiger partial charge is 0.422 e. The highest BCUT2D eigenvalue weighted by molar-refractivity contribution is 5.86. The van der Waals surface area contributed by atoms with Crippen LogP contribution in [0.3, 0.4) is 0 Å². The second-order valence-electron chi connectivity index (χ2n) is 7.14. The highest BCUT2D eigenvalue weighted by Crippen LogP contribution is 2.24. The number of hydrogen-bond donors (Lipinski definition) is 1. The molecule has 3 rings (SSSR count). The van der Waals surface area contributed by atoms with Gasteiger partial charge < -0.3 is 14.8 Å². The summed E-state index contributed by atoms with van der Waals surface area (Å²) >= 11 is 0. The molecule has 1 amide bonds. The van der Waals surface area contributed by atoms with Crippen LogP contribution in [0.2, 0.25) is 0 Å². The lowest BCUT2D eigenvalue weighted by molar-refractivity contribution is -0.154. The number of rotatable bonds is 8. The summed E-state index contributed by atoms with van der Waals surface area (Å²) in [6.45, 7) is 2.57. The molecule has 0 fully saturated rings. The molecule has 31 heavy (non-hydrogen) atoms. The zero-order valence-electron chi connectivity index (χ0n) is 17.2. The van der Waals surface area contributed by atoms with Crippen molar-refractivity contribution in [1.82, 2.24) is 25.1 Å². The third-order valence-corrected chi connectivity index (χ3v) is 4.16. The molecule has 0 aliphatic rings. The monoisotopic (exact) mass is 437 g/mol. The topological polar surface area (TPSA) is 91.2 Å². The first-order valence-electron chi connectivity index (χ1n) is 9.48. The molecule has 11 heteroatoms. The lowest BCUT2D eigenvalue weighted by Gasteiger charge is -2.11. The summed E-state index contributed by atoms with van der Waals surface area (Å²) in [7, 11) is 1.37. The molecule has 8 nitrogen and oxygen atoms in total. The van der Waals surface area contributed by atoms with E-state index in [4.69, 9.17) is 4.74 Å². The molecule has 0 aromatic carbocycles. The van der Waals surface area contributed by atoms with Crippen molar-refractivity contribution in [2.75, 3.05) is 13.7 Å². The van der Waals surface area contributed by atoms with E-state index in [2.05, 4.69) is 25.1 Å². The molecule has 0 bridgehead atoms. The van der Waals surface area contributed by atoms with Crippen molar-refractivity contribution in [1.29, 1.82) is 0 Å². The molecule has 166 valence electrons. The Hall–Kier alpha value is -3.37. The molecule has 0 radical (unpaired) electrons. The number of aromatic nitrogens is 4. The van der Waals surface area contributed by atoms with Crippen LogP contribution in [0, 0.1) is 0 Å². The van der Waals surface area contributed by atoms with E-state index in [1.807, 2.05) is 13.8 Å². The van der Waals surface area contributed by atoms with Crippen LogP contribution in [0.1, 0.15) is 25.1 Å². The third-order valence-electron chi connectivity index (χ3n) is 4.16. The number of hydrogen-bond acceptors (Lipinski definition) is 6. The molecule has 0 spiro atoms. The van der Waals surface area contributed by atoms with Gasteiger partial charge in [-0.05, 0) is 26.0 Å². The first-order chi connectivity index (χ1) is 14.6. The first-order valence-corrected chi connectivity index (χ1v) is 9.48. The van der Waals surface area contributed by atoms with Gasteiger partial charge in [-0.2, -0.15) is 23.3 Å². The molecule has 0 unspecified atom stereocenters.